The van der Waals surface area contributed by atoms with Gasteiger partial charge in [-0.3, -0.25) is 52.8 Å². The molecule has 1 fully saturated rings. The highest BCUT2D eigenvalue weighted by Crippen LogP contribution is 2.46. The van der Waals surface area contributed by atoms with Gasteiger partial charge in [0, 0.05) is 54.1 Å². The molecule has 5 heterocycles. The zero-order chi connectivity index (χ0) is 60.6. The molecule has 3 aliphatic heterocycles. The fourth-order valence-electron chi connectivity index (χ4n) is 10.7. The molecule has 6 atom stereocenters. The Labute approximate surface area is 485 Å². The minimum absolute atomic E-state index is 0.0145. The van der Waals surface area contributed by atoms with Crippen molar-refractivity contribution >= 4 is 81.9 Å². The summed E-state index contributed by atoms with van der Waals surface area (Å²) in [5.41, 5.74) is 7.46. The molecule has 0 saturated carbocycles. The number of nitrogens with zero attached hydrogens (tertiary/aromatic N) is 3. The van der Waals surface area contributed by atoms with Gasteiger partial charge in [-0.25, -0.2) is 14.2 Å². The van der Waals surface area contributed by atoms with E-state index in [0.717, 1.165) is 22.2 Å². The van der Waals surface area contributed by atoms with Gasteiger partial charge in [0.1, 0.15) is 31.2 Å². The molecule has 0 spiro atoms. The maximum absolute atomic E-state index is 15.4. The molecule has 25 nitrogen and oxygen atoms in total. The molecule has 2 aromatic heterocycles. The summed E-state index contributed by atoms with van der Waals surface area (Å²) in [7, 11) is 0. The molecule has 1 unspecified atom stereocenters. The SMILES string of the molecule is CC[C@@]1(O)C(=O)OCc2c1cc1n(c2=O)Cc2c-1nc1cc(F)c(C)c3c1c2[C@@H](NC(=O)C[C@H](C)OCNC(=O)CNC(=O)[C@H](Cc1ccccc1)NC(=O)CNC(=O)CNC(=O)CCCCCN1C(=O)CC(SC[C@H](N)C(=O)O)C1=O)CC3. The second-order valence-electron chi connectivity index (χ2n) is 21.1. The Hall–Kier alpha value is -8.14. The van der Waals surface area contributed by atoms with Crippen LogP contribution in [0, 0.1) is 12.7 Å². The Kier molecular flexibility index (Phi) is 19.9. The van der Waals surface area contributed by atoms with Crippen molar-refractivity contribution in [3.8, 4) is 11.4 Å². The lowest BCUT2D eigenvalue weighted by atomic mass is 9.81. The first-order valence-electron chi connectivity index (χ1n) is 27.7. The Morgan fingerprint density at radius 3 is 2.37 bits per heavy atom. The number of nitrogens with one attached hydrogen (secondary N) is 6. The summed E-state index contributed by atoms with van der Waals surface area (Å²) in [6.45, 7) is 2.97. The number of imide groups is 1. The number of likely N-dealkylation sites (tertiary alicyclic amines) is 1. The third kappa shape index (κ3) is 14.1. The maximum atomic E-state index is 15.4. The number of carbonyl (C=O) groups is 10. The highest BCUT2D eigenvalue weighted by Gasteiger charge is 2.46. The van der Waals surface area contributed by atoms with Crippen molar-refractivity contribution in [3.05, 3.63) is 97.6 Å². The first-order chi connectivity index (χ1) is 40.1. The zero-order valence-electron chi connectivity index (χ0n) is 46.6. The van der Waals surface area contributed by atoms with E-state index in [1.165, 1.54) is 10.6 Å². The van der Waals surface area contributed by atoms with Gasteiger partial charge < -0.3 is 61.9 Å². The van der Waals surface area contributed by atoms with Crippen molar-refractivity contribution in [1.82, 2.24) is 46.4 Å². The van der Waals surface area contributed by atoms with E-state index in [1.54, 1.807) is 57.2 Å². The monoisotopic (exact) mass is 1180 g/mol. The van der Waals surface area contributed by atoms with Gasteiger partial charge in [0.25, 0.3) is 5.56 Å². The van der Waals surface area contributed by atoms with Gasteiger partial charge in [0.05, 0.1) is 72.5 Å². The molecule has 27 heteroatoms. The van der Waals surface area contributed by atoms with Crippen LogP contribution in [0.4, 0.5) is 4.39 Å². The Balaban J connectivity index is 0.767. The third-order valence-corrected chi connectivity index (χ3v) is 16.7. The highest BCUT2D eigenvalue weighted by molar-refractivity contribution is 8.00. The van der Waals surface area contributed by atoms with Crippen LogP contribution in [0.25, 0.3) is 22.3 Å². The number of nitrogens with two attached hydrogens (primary N) is 1. The maximum Gasteiger partial charge on any atom is 0.343 e. The number of aromatic nitrogens is 2. The number of aryl methyl sites for hydroxylation is 1. The summed E-state index contributed by atoms with van der Waals surface area (Å²) in [6.07, 6.45) is 1.24. The Morgan fingerprint density at radius 1 is 0.917 bits per heavy atom. The molecule has 1 saturated heterocycles. The number of amides is 8. The van der Waals surface area contributed by atoms with Gasteiger partial charge in [-0.05, 0) is 74.3 Å². The van der Waals surface area contributed by atoms with E-state index in [2.05, 4.69) is 31.9 Å². The summed E-state index contributed by atoms with van der Waals surface area (Å²) < 4.78 is 27.9. The number of cyclic esters (lactones) is 1. The lowest BCUT2D eigenvalue weighted by Crippen LogP contribution is -2.52. The van der Waals surface area contributed by atoms with Crippen LogP contribution in [-0.4, -0.2) is 146 Å². The van der Waals surface area contributed by atoms with Crippen molar-refractivity contribution < 1.29 is 72.0 Å². The van der Waals surface area contributed by atoms with Crippen LogP contribution in [0.2, 0.25) is 0 Å². The molecular weight excluding hydrogens is 1120 g/mol. The number of aliphatic carboxylic acids is 1. The quantitative estimate of drug-likeness (QED) is 0.0149. The van der Waals surface area contributed by atoms with E-state index >= 15 is 4.39 Å². The number of carboxylic acids is 1. The number of carboxylic acid groups (broad SMARTS) is 1. The van der Waals surface area contributed by atoms with Gasteiger partial charge >= 0.3 is 11.9 Å². The Morgan fingerprint density at radius 2 is 1.63 bits per heavy atom. The molecule has 0 bridgehead atoms. The standard InChI is InChI=1S/C57H67FN10O15S/c1-4-57(81)35-19-41-51-33(25-68(41)53(76)34(35)26-82-56(57)80)50-38(15-14-32-30(3)36(58)20-39(66-51)49(32)50)64-44(70)17-29(2)83-28-63-46(72)23-62-52(75)40(18-31-11-7-5-8-12-31)65-47(73)24-61-45(71)22-60-43(69)13-9-6-10-16-67-48(74)21-42(54(67)77)84-27-37(59)55(78)79/h5,7-8,11-12,19-20,29,37-38,40,42,81H,4,6,9-10,13-18,21-28,59H2,1-3H3,(H,60,69)(H,61,71)(H,62,75)(H,63,72)(H,64,70)(H,65,73)(H,78,79)/t29-,37-,38-,40-,42?,57-/m0/s1. The highest BCUT2D eigenvalue weighted by atomic mass is 32.2. The summed E-state index contributed by atoms with van der Waals surface area (Å²) in [6, 6.07) is 8.71. The zero-order valence-corrected chi connectivity index (χ0v) is 47.4. The van der Waals surface area contributed by atoms with Gasteiger partial charge in [-0.2, -0.15) is 0 Å². The number of fused-ring (bicyclic) bond motifs is 5. The van der Waals surface area contributed by atoms with E-state index in [0.29, 0.717) is 76.6 Å². The molecule has 1 aliphatic carbocycles. The van der Waals surface area contributed by atoms with Gasteiger partial charge in [0.2, 0.25) is 47.3 Å². The number of hydrogen-bond acceptors (Lipinski definition) is 17. The van der Waals surface area contributed by atoms with Crippen LogP contribution < -0.4 is 43.2 Å². The van der Waals surface area contributed by atoms with Crippen LogP contribution in [-0.2, 0) is 89.0 Å². The van der Waals surface area contributed by atoms with Crippen LogP contribution in [0.1, 0.15) is 110 Å². The number of pyridine rings is 2. The van der Waals surface area contributed by atoms with Crippen LogP contribution in [0.5, 0.6) is 0 Å². The van der Waals surface area contributed by atoms with E-state index < -0.39 is 119 Å². The van der Waals surface area contributed by atoms with Gasteiger partial charge in [-0.1, -0.05) is 43.7 Å². The third-order valence-electron chi connectivity index (χ3n) is 15.4. The van der Waals surface area contributed by atoms with Crippen molar-refractivity contribution in [2.75, 3.05) is 38.7 Å². The molecule has 4 aliphatic rings. The fraction of sp³-hybridized carbons (Fsp3) is 0.474. The number of thioether (sulfide) groups is 1. The predicted octanol–water partition coefficient (Wildman–Crippen LogP) is 0.409. The smallest absolute Gasteiger partial charge is 0.343 e. The number of ether oxygens (including phenoxy) is 2. The molecule has 0 radical (unpaired) electrons. The van der Waals surface area contributed by atoms with Crippen molar-refractivity contribution in [1.29, 1.82) is 0 Å². The van der Waals surface area contributed by atoms with Crippen LogP contribution in [0.15, 0.2) is 47.3 Å². The van der Waals surface area contributed by atoms with Crippen molar-refractivity contribution in [2.24, 2.45) is 5.73 Å². The molecule has 4 aromatic rings. The molecule has 2 aromatic carbocycles. The lowest BCUT2D eigenvalue weighted by molar-refractivity contribution is -0.172. The van der Waals surface area contributed by atoms with Crippen LogP contribution >= 0.6 is 11.8 Å². The number of rotatable bonds is 27. The number of carbonyl (C=O) groups excluding carboxylic acids is 9. The number of benzene rings is 2. The topological polar surface area (TPSA) is 366 Å². The summed E-state index contributed by atoms with van der Waals surface area (Å²) in [5.74, 6) is -6.93. The van der Waals surface area contributed by atoms with E-state index in [-0.39, 0.29) is 81.3 Å². The van der Waals surface area contributed by atoms with E-state index in [9.17, 15) is 57.8 Å². The number of esters is 1. The summed E-state index contributed by atoms with van der Waals surface area (Å²) >= 11 is 1.03. The Bertz CT molecular complexity index is 3360. The van der Waals surface area contributed by atoms with Crippen molar-refractivity contribution in [2.45, 2.75) is 133 Å². The summed E-state index contributed by atoms with van der Waals surface area (Å²) in [4.78, 5) is 147. The second kappa shape index (κ2) is 27.1. The molecule has 84 heavy (non-hydrogen) atoms. The first kappa shape index (κ1) is 61.9. The molecule has 8 rings (SSSR count). The minimum Gasteiger partial charge on any atom is -0.480 e. The first-order valence-corrected chi connectivity index (χ1v) is 28.7. The molecule has 448 valence electrons. The fourth-order valence-corrected chi connectivity index (χ4v) is 11.9. The molecule has 10 N–H and O–H groups in total. The van der Waals surface area contributed by atoms with Crippen molar-refractivity contribution in [3.63, 3.8) is 0 Å². The number of unbranched alkanes of at least 4 members (excludes halogenated alkanes) is 2. The molecule has 8 amide bonds. The second-order valence-corrected chi connectivity index (χ2v) is 22.4. The largest absolute Gasteiger partial charge is 0.480 e. The van der Waals surface area contributed by atoms with Gasteiger partial charge in [0.15, 0.2) is 5.60 Å². The van der Waals surface area contributed by atoms with Gasteiger partial charge in [-0.15, -0.1) is 11.8 Å². The average molecular weight is 1180 g/mol. The minimum atomic E-state index is -2.05. The predicted molar refractivity (Wildman–Crippen MR) is 299 cm³/mol. The van der Waals surface area contributed by atoms with E-state index in [1.807, 2.05) is 0 Å². The summed E-state index contributed by atoms with van der Waals surface area (Å²) in [5, 5.41) is 35.9. The van der Waals surface area contributed by atoms with Crippen LogP contribution in [0.3, 0.4) is 0 Å². The van der Waals surface area contributed by atoms with E-state index in [4.69, 9.17) is 25.3 Å². The lowest BCUT2D eigenvalue weighted by Gasteiger charge is -2.31. The number of hydrogen-bond donors (Lipinski definition) is 9. The number of aliphatic hydroxyl groups is 1. The number of halogens is 1. The average Bonchev–Trinajstić information content (AvgIpc) is 2.11. The normalized spacial score (nSPS) is 18.6. The molecular formula is C57H67FN10O15S.